The number of methoxy groups -OCH3 is 1. The van der Waals surface area contributed by atoms with Crippen LogP contribution in [0.2, 0.25) is 16.6 Å². The fraction of sp³-hybridized carbons (Fsp3) is 0.923. The Morgan fingerprint density at radius 3 is 1.47 bits per heavy atom. The molecular weight excluding hydrogens is 232 g/mol. The Balaban J connectivity index is 5.12. The largest absolute Gasteiger partial charge is 0.467 e. The second-order valence-electron chi connectivity index (χ2n) is 5.60. The topological polar surface area (TPSA) is 35.5 Å². The van der Waals surface area contributed by atoms with E-state index < -0.39 is 14.4 Å². The second-order valence-corrected chi connectivity index (χ2v) is 11.0. The Labute approximate surface area is 107 Å². The maximum Gasteiger partial charge on any atom is 0.333 e. The van der Waals surface area contributed by atoms with E-state index >= 15 is 0 Å². The Bertz CT molecular complexity index is 227. The molecule has 0 fully saturated rings. The monoisotopic (exact) mass is 260 g/mol. The van der Waals surface area contributed by atoms with Crippen LogP contribution in [-0.2, 0) is 14.0 Å². The third kappa shape index (κ3) is 3.55. The fourth-order valence-corrected chi connectivity index (χ4v) is 8.45. The van der Waals surface area contributed by atoms with Crippen LogP contribution in [0.4, 0.5) is 0 Å². The van der Waals surface area contributed by atoms with Crippen molar-refractivity contribution in [3.8, 4) is 0 Å². The molecule has 0 spiro atoms. The number of rotatable bonds is 6. The third-order valence-electron chi connectivity index (χ3n) is 3.62. The molecule has 0 amide bonds. The van der Waals surface area contributed by atoms with E-state index in [4.69, 9.17) is 9.16 Å². The minimum Gasteiger partial charge on any atom is -0.467 e. The van der Waals surface area contributed by atoms with Gasteiger partial charge in [-0.15, -0.1) is 0 Å². The van der Waals surface area contributed by atoms with Crippen molar-refractivity contribution in [1.29, 1.82) is 0 Å². The summed E-state index contributed by atoms with van der Waals surface area (Å²) in [4.78, 5) is 11.5. The summed E-state index contributed by atoms with van der Waals surface area (Å²) in [6.45, 7) is 15.0. The zero-order valence-corrected chi connectivity index (χ0v) is 13.5. The third-order valence-corrected chi connectivity index (χ3v) is 9.80. The molecule has 0 aliphatic carbocycles. The number of esters is 1. The molecule has 17 heavy (non-hydrogen) atoms. The van der Waals surface area contributed by atoms with E-state index in [0.29, 0.717) is 16.6 Å². The van der Waals surface area contributed by atoms with E-state index in [1.165, 1.54) is 7.11 Å². The normalized spacial score (nSPS) is 14.5. The van der Waals surface area contributed by atoms with Gasteiger partial charge in [0.05, 0.1) is 7.11 Å². The molecule has 0 saturated carbocycles. The molecule has 3 nitrogen and oxygen atoms in total. The maximum absolute atomic E-state index is 11.5. The van der Waals surface area contributed by atoms with E-state index in [1.54, 1.807) is 6.92 Å². The molecule has 0 aromatic rings. The van der Waals surface area contributed by atoms with Crippen LogP contribution in [0.15, 0.2) is 0 Å². The highest BCUT2D eigenvalue weighted by Crippen LogP contribution is 2.42. The number of carbonyl (C=O) groups is 1. The van der Waals surface area contributed by atoms with Crippen molar-refractivity contribution in [2.24, 2.45) is 0 Å². The number of carbonyl (C=O) groups excluding carboxylic acids is 1. The summed E-state index contributed by atoms with van der Waals surface area (Å²) in [5.41, 5.74) is 1.44. The summed E-state index contributed by atoms with van der Waals surface area (Å²) in [7, 11) is -0.562. The zero-order chi connectivity index (χ0) is 13.8. The van der Waals surface area contributed by atoms with Crippen molar-refractivity contribution in [1.82, 2.24) is 0 Å². The lowest BCUT2D eigenvalue weighted by atomic mass is 10.4. The molecule has 0 N–H and O–H groups in total. The molecule has 0 saturated heterocycles. The molecule has 0 aromatic heterocycles. The van der Waals surface area contributed by atoms with Gasteiger partial charge in [-0.2, -0.15) is 0 Å². The molecule has 1 atom stereocenters. The van der Waals surface area contributed by atoms with E-state index in [1.807, 2.05) is 0 Å². The SMILES string of the molecule is COC(=O)C(C)O[Si](C(C)C)(C(C)C)C(C)C. The van der Waals surface area contributed by atoms with Gasteiger partial charge >= 0.3 is 5.97 Å². The minimum absolute atomic E-state index is 0.274. The van der Waals surface area contributed by atoms with Crippen molar-refractivity contribution < 1.29 is 14.0 Å². The molecule has 1 unspecified atom stereocenters. The highest BCUT2D eigenvalue weighted by molar-refractivity contribution is 6.77. The van der Waals surface area contributed by atoms with E-state index in [-0.39, 0.29) is 5.97 Å². The molecule has 0 aliphatic heterocycles. The smallest absolute Gasteiger partial charge is 0.333 e. The average molecular weight is 260 g/mol. The quantitative estimate of drug-likeness (QED) is 0.539. The van der Waals surface area contributed by atoms with Gasteiger partial charge in [-0.05, 0) is 23.5 Å². The van der Waals surface area contributed by atoms with Gasteiger partial charge in [0.15, 0.2) is 0 Å². The Hall–Kier alpha value is -0.353. The summed E-state index contributed by atoms with van der Waals surface area (Å²) >= 11 is 0. The van der Waals surface area contributed by atoms with Crippen LogP contribution in [0.5, 0.6) is 0 Å². The first-order valence-electron chi connectivity index (χ1n) is 6.45. The first-order chi connectivity index (χ1) is 7.70. The van der Waals surface area contributed by atoms with Gasteiger partial charge in [0.25, 0.3) is 0 Å². The van der Waals surface area contributed by atoms with Gasteiger partial charge in [0, 0.05) is 0 Å². The van der Waals surface area contributed by atoms with Gasteiger partial charge in [-0.3, -0.25) is 0 Å². The molecule has 0 aromatic carbocycles. The lowest BCUT2D eigenvalue weighted by molar-refractivity contribution is -0.148. The van der Waals surface area contributed by atoms with Gasteiger partial charge in [-0.25, -0.2) is 4.79 Å². The van der Waals surface area contributed by atoms with Gasteiger partial charge in [0.2, 0.25) is 8.32 Å². The average Bonchev–Trinajstić information content (AvgIpc) is 2.22. The lowest BCUT2D eigenvalue weighted by Crippen LogP contribution is -2.51. The maximum atomic E-state index is 11.5. The van der Waals surface area contributed by atoms with Crippen LogP contribution in [0, 0.1) is 0 Å². The van der Waals surface area contributed by atoms with E-state index in [9.17, 15) is 4.79 Å². The lowest BCUT2D eigenvalue weighted by Gasteiger charge is -2.43. The summed E-state index contributed by atoms with van der Waals surface area (Å²) < 4.78 is 11.0. The number of hydrogen-bond donors (Lipinski definition) is 0. The van der Waals surface area contributed by atoms with Crippen molar-refractivity contribution in [3.05, 3.63) is 0 Å². The van der Waals surface area contributed by atoms with Crippen molar-refractivity contribution in [2.45, 2.75) is 71.2 Å². The van der Waals surface area contributed by atoms with Crippen LogP contribution in [-0.4, -0.2) is 27.5 Å². The summed E-state index contributed by atoms with van der Waals surface area (Å²) in [6.07, 6.45) is -0.459. The van der Waals surface area contributed by atoms with Crippen molar-refractivity contribution in [2.75, 3.05) is 7.11 Å². The summed E-state index contributed by atoms with van der Waals surface area (Å²) in [5, 5.41) is 0. The van der Waals surface area contributed by atoms with Crippen LogP contribution in [0.25, 0.3) is 0 Å². The van der Waals surface area contributed by atoms with Crippen LogP contribution < -0.4 is 0 Å². The predicted octanol–water partition coefficient (Wildman–Crippen LogP) is 3.74. The van der Waals surface area contributed by atoms with E-state index in [2.05, 4.69) is 41.5 Å². The summed E-state index contributed by atoms with van der Waals surface area (Å²) in [5.74, 6) is -0.274. The standard InChI is InChI=1S/C13H28O3Si/c1-9(2)17(10(3)4,11(5)6)16-12(7)13(14)15-8/h9-12H,1-8H3. The summed E-state index contributed by atoms with van der Waals surface area (Å²) in [6, 6.07) is 0. The van der Waals surface area contributed by atoms with Crippen LogP contribution >= 0.6 is 0 Å². The van der Waals surface area contributed by atoms with Crippen molar-refractivity contribution >= 4 is 14.3 Å². The minimum atomic E-state index is -1.97. The van der Waals surface area contributed by atoms with Crippen molar-refractivity contribution in [3.63, 3.8) is 0 Å². The van der Waals surface area contributed by atoms with Gasteiger partial charge in [0.1, 0.15) is 6.10 Å². The van der Waals surface area contributed by atoms with Gasteiger partial charge < -0.3 is 9.16 Å². The molecule has 0 radical (unpaired) electrons. The Morgan fingerprint density at radius 1 is 0.882 bits per heavy atom. The Kier molecular flexibility index (Phi) is 6.41. The molecular formula is C13H28O3Si. The second kappa shape index (κ2) is 6.54. The zero-order valence-electron chi connectivity index (χ0n) is 12.5. The first-order valence-corrected chi connectivity index (χ1v) is 8.59. The molecule has 4 heteroatoms. The van der Waals surface area contributed by atoms with E-state index in [0.717, 1.165) is 0 Å². The highest BCUT2D eigenvalue weighted by Gasteiger charge is 2.47. The molecule has 0 bridgehead atoms. The fourth-order valence-electron chi connectivity index (χ4n) is 2.93. The number of ether oxygens (including phenoxy) is 1. The molecule has 0 rings (SSSR count). The van der Waals surface area contributed by atoms with Crippen LogP contribution in [0.3, 0.4) is 0 Å². The van der Waals surface area contributed by atoms with Crippen LogP contribution in [0.1, 0.15) is 48.5 Å². The Morgan fingerprint density at radius 2 is 1.24 bits per heavy atom. The highest BCUT2D eigenvalue weighted by atomic mass is 28.4. The van der Waals surface area contributed by atoms with Gasteiger partial charge in [-0.1, -0.05) is 41.5 Å². The molecule has 0 heterocycles. The predicted molar refractivity (Wildman–Crippen MR) is 73.6 cm³/mol. The molecule has 102 valence electrons. The number of hydrogen-bond acceptors (Lipinski definition) is 3. The first kappa shape index (κ1) is 16.6. The molecule has 0 aliphatic rings.